The van der Waals surface area contributed by atoms with Crippen molar-refractivity contribution < 1.29 is 9.59 Å². The second-order valence-corrected chi connectivity index (χ2v) is 6.29. The van der Waals surface area contributed by atoms with Gasteiger partial charge in [-0.1, -0.05) is 44.7 Å². The van der Waals surface area contributed by atoms with E-state index in [-0.39, 0.29) is 5.57 Å². The Kier molecular flexibility index (Phi) is 14.7. The summed E-state index contributed by atoms with van der Waals surface area (Å²) in [4.78, 5) is 28.0. The maximum Gasteiger partial charge on any atom is 0.219 e. The minimum absolute atomic E-state index is 0.286. The first kappa shape index (κ1) is 28.0. The summed E-state index contributed by atoms with van der Waals surface area (Å²) < 4.78 is 0. The minimum Gasteiger partial charge on any atom is -0.387 e. The first-order valence-electron chi connectivity index (χ1n) is 10.1. The van der Waals surface area contributed by atoms with Gasteiger partial charge in [-0.15, -0.1) is 0 Å². The van der Waals surface area contributed by atoms with Crippen molar-refractivity contribution in [3.05, 3.63) is 71.7 Å². The predicted molar refractivity (Wildman–Crippen MR) is 131 cm³/mol. The SMILES string of the molecule is C=C/C(=N/NC)N(C=O)C(=C)/C(=C/C=C(\CC)CN/C=C(C=O)/C=C(/C#N)C=NC)CC. The summed E-state index contributed by atoms with van der Waals surface area (Å²) >= 11 is 0. The highest BCUT2D eigenvalue weighted by Crippen LogP contribution is 2.17. The van der Waals surface area contributed by atoms with Crippen molar-refractivity contribution in [1.82, 2.24) is 15.6 Å². The van der Waals surface area contributed by atoms with E-state index < -0.39 is 0 Å². The van der Waals surface area contributed by atoms with Gasteiger partial charge in [0.15, 0.2) is 12.1 Å². The fourth-order valence-corrected chi connectivity index (χ4v) is 2.49. The number of hydrazone groups is 1. The van der Waals surface area contributed by atoms with E-state index in [0.29, 0.717) is 42.8 Å². The number of nitrogens with one attached hydrogen (secondary N) is 2. The van der Waals surface area contributed by atoms with E-state index in [1.54, 1.807) is 20.3 Å². The molecule has 0 radical (unpaired) electrons. The predicted octanol–water partition coefficient (Wildman–Crippen LogP) is 3.17. The number of hydrogen-bond donors (Lipinski definition) is 2. The average Bonchev–Trinajstić information content (AvgIpc) is 2.81. The van der Waals surface area contributed by atoms with Gasteiger partial charge in [0.25, 0.3) is 0 Å². The zero-order valence-corrected chi connectivity index (χ0v) is 19.3. The highest BCUT2D eigenvalue weighted by molar-refractivity contribution is 6.00. The molecule has 32 heavy (non-hydrogen) atoms. The number of aldehydes is 1. The lowest BCUT2D eigenvalue weighted by atomic mass is 10.1. The molecule has 0 aromatic carbocycles. The van der Waals surface area contributed by atoms with Gasteiger partial charge >= 0.3 is 0 Å². The molecule has 0 aliphatic carbocycles. The lowest BCUT2D eigenvalue weighted by Gasteiger charge is -2.21. The summed E-state index contributed by atoms with van der Waals surface area (Å²) in [5.41, 5.74) is 5.69. The normalized spacial score (nSPS) is 13.4. The van der Waals surface area contributed by atoms with E-state index in [2.05, 4.69) is 34.0 Å². The van der Waals surface area contributed by atoms with Crippen molar-refractivity contribution in [2.24, 2.45) is 10.1 Å². The molecule has 0 unspecified atom stereocenters. The van der Waals surface area contributed by atoms with E-state index in [1.165, 1.54) is 23.3 Å². The number of rotatable bonds is 14. The van der Waals surface area contributed by atoms with Crippen LogP contribution in [0.3, 0.4) is 0 Å². The third kappa shape index (κ3) is 9.67. The lowest BCUT2D eigenvalue weighted by Crippen LogP contribution is -2.29. The maximum atomic E-state index is 11.6. The van der Waals surface area contributed by atoms with Crippen LogP contribution in [0.2, 0.25) is 0 Å². The number of carbonyl (C=O) groups excluding carboxylic acids is 2. The van der Waals surface area contributed by atoms with Crippen LogP contribution >= 0.6 is 0 Å². The molecule has 8 heteroatoms. The summed E-state index contributed by atoms with van der Waals surface area (Å²) in [6.45, 7) is 12.2. The van der Waals surface area contributed by atoms with Gasteiger partial charge < -0.3 is 10.7 Å². The highest BCUT2D eigenvalue weighted by atomic mass is 16.1. The molecule has 0 rings (SSSR count). The fourth-order valence-electron chi connectivity index (χ4n) is 2.49. The molecule has 0 spiro atoms. The van der Waals surface area contributed by atoms with Gasteiger partial charge in [0.1, 0.15) is 6.07 Å². The summed E-state index contributed by atoms with van der Waals surface area (Å²) in [6, 6.07) is 1.97. The van der Waals surface area contributed by atoms with Crippen molar-refractivity contribution in [1.29, 1.82) is 5.26 Å². The molecule has 0 fully saturated rings. The molecule has 2 N–H and O–H groups in total. The minimum atomic E-state index is 0.286. The highest BCUT2D eigenvalue weighted by Gasteiger charge is 2.14. The number of nitriles is 1. The van der Waals surface area contributed by atoms with E-state index in [0.717, 1.165) is 17.6 Å². The molecule has 1 amide bonds. The Morgan fingerprint density at radius 1 is 1.22 bits per heavy atom. The number of amides is 1. The fraction of sp³-hybridized carbons (Fsp3) is 0.292. The van der Waals surface area contributed by atoms with Gasteiger partial charge in [0, 0.05) is 44.3 Å². The molecule has 0 aliphatic rings. The largest absolute Gasteiger partial charge is 0.387 e. The van der Waals surface area contributed by atoms with Crippen LogP contribution in [-0.2, 0) is 9.59 Å². The first-order valence-corrected chi connectivity index (χ1v) is 10.1. The molecule has 0 aliphatic heterocycles. The van der Waals surface area contributed by atoms with Crippen molar-refractivity contribution in [3.8, 4) is 6.07 Å². The molecule has 0 aromatic heterocycles. The van der Waals surface area contributed by atoms with Crippen LogP contribution in [0.25, 0.3) is 0 Å². The molecule has 0 aromatic rings. The first-order chi connectivity index (χ1) is 15.4. The topological polar surface area (TPSA) is 110 Å². The zero-order chi connectivity index (χ0) is 24.4. The second kappa shape index (κ2) is 16.8. The molecular weight excluding hydrogens is 404 g/mol. The van der Waals surface area contributed by atoms with Gasteiger partial charge in [0.2, 0.25) is 6.41 Å². The Morgan fingerprint density at radius 3 is 2.41 bits per heavy atom. The van der Waals surface area contributed by atoms with Crippen molar-refractivity contribution >= 4 is 24.7 Å². The summed E-state index contributed by atoms with van der Waals surface area (Å²) in [5, 5.41) is 16.2. The number of allylic oxidation sites excluding steroid dienone is 6. The van der Waals surface area contributed by atoms with Crippen LogP contribution in [0.4, 0.5) is 0 Å². The molecule has 0 bridgehead atoms. The smallest absolute Gasteiger partial charge is 0.219 e. The maximum absolute atomic E-state index is 11.6. The lowest BCUT2D eigenvalue weighted by molar-refractivity contribution is -0.113. The summed E-state index contributed by atoms with van der Waals surface area (Å²) in [7, 11) is 3.19. The average molecular weight is 437 g/mol. The number of carbonyl (C=O) groups is 2. The Hall–Kier alpha value is -3.99. The van der Waals surface area contributed by atoms with Crippen molar-refractivity contribution in [3.63, 3.8) is 0 Å². The summed E-state index contributed by atoms with van der Waals surface area (Å²) in [5.74, 6) is 0.345. The monoisotopic (exact) mass is 436 g/mol. The number of amidine groups is 1. The molecule has 170 valence electrons. The van der Waals surface area contributed by atoms with Gasteiger partial charge in [-0.2, -0.15) is 10.4 Å². The molecular formula is C24H32N6O2. The van der Waals surface area contributed by atoms with E-state index in [9.17, 15) is 9.59 Å². The standard InChI is InChI=1S/C24H32N6O2/c1-7-20(15-28-16-22(17-31)12-21(13-25)14-26-5)10-11-23(8-2)19(4)30(18-32)24(9-3)29-27-6/h9-12,14,16-18,27-28H,3-4,7-8,15H2,1-2,5-6H3/b20-10+,21-12-,22-16-,23-11+,26-14?,29-24-. The van der Waals surface area contributed by atoms with Gasteiger partial charge in [0.05, 0.1) is 5.57 Å². The number of hydrogen-bond acceptors (Lipinski definition) is 7. The Bertz CT molecular complexity index is 898. The molecule has 0 heterocycles. The van der Waals surface area contributed by atoms with Gasteiger partial charge in [-0.3, -0.25) is 19.5 Å². The molecule has 0 saturated carbocycles. The van der Waals surface area contributed by atoms with Gasteiger partial charge in [-0.05, 0) is 30.6 Å². The van der Waals surface area contributed by atoms with Gasteiger partial charge in [-0.25, -0.2) is 0 Å². The third-order valence-corrected chi connectivity index (χ3v) is 4.23. The second-order valence-electron chi connectivity index (χ2n) is 6.29. The van der Waals surface area contributed by atoms with Crippen LogP contribution < -0.4 is 10.7 Å². The zero-order valence-electron chi connectivity index (χ0n) is 19.3. The van der Waals surface area contributed by atoms with Crippen LogP contribution in [0.1, 0.15) is 26.7 Å². The van der Waals surface area contributed by atoms with Crippen molar-refractivity contribution in [2.75, 3.05) is 20.6 Å². The molecule has 0 saturated heterocycles. The van der Waals surface area contributed by atoms with Crippen LogP contribution in [0.15, 0.2) is 81.7 Å². The summed E-state index contributed by atoms with van der Waals surface area (Å²) in [6.07, 6.45) is 12.5. The quantitative estimate of drug-likeness (QED) is 0.0827. The van der Waals surface area contributed by atoms with E-state index in [4.69, 9.17) is 5.26 Å². The van der Waals surface area contributed by atoms with Crippen molar-refractivity contribution in [2.45, 2.75) is 26.7 Å². The van der Waals surface area contributed by atoms with Crippen LogP contribution in [0, 0.1) is 11.3 Å². The Morgan fingerprint density at radius 2 is 1.94 bits per heavy atom. The number of nitrogens with zero attached hydrogens (tertiary/aromatic N) is 4. The van der Waals surface area contributed by atoms with Crippen LogP contribution in [-0.4, -0.2) is 50.3 Å². The molecule has 0 atom stereocenters. The van der Waals surface area contributed by atoms with E-state index >= 15 is 0 Å². The Labute approximate surface area is 190 Å². The number of aliphatic imine (C=N–C) groups is 1. The third-order valence-electron chi connectivity index (χ3n) is 4.23. The molecule has 8 nitrogen and oxygen atoms in total. The van der Waals surface area contributed by atoms with Crippen LogP contribution in [0.5, 0.6) is 0 Å². The van der Waals surface area contributed by atoms with E-state index in [1.807, 2.05) is 32.1 Å². The Balaban J connectivity index is 5.58.